The number of carbonyl (C=O) groups excluding carboxylic acids is 1. The van der Waals surface area contributed by atoms with Crippen LogP contribution in [0.3, 0.4) is 0 Å². The lowest BCUT2D eigenvalue weighted by molar-refractivity contribution is 0.142. The first-order chi connectivity index (χ1) is 6.61. The maximum Gasteiger partial charge on any atom is 0.419 e. The Morgan fingerprint density at radius 3 is 2.93 bits per heavy atom. The molecule has 0 fully saturated rings. The fourth-order valence-corrected chi connectivity index (χ4v) is 1.70. The molecule has 1 heterocycles. The number of aromatic nitrogens is 1. The molecule has 0 aliphatic heterocycles. The van der Waals surface area contributed by atoms with Gasteiger partial charge in [-0.2, -0.15) is 0 Å². The molecule has 0 amide bonds. The molecule has 78 valence electrons. The fraction of sp³-hybridized carbons (Fsp3) is 0.556. The number of hydrogen-bond acceptors (Lipinski definition) is 4. The Bertz CT molecular complexity index is 354. The number of hydrogen-bond donors (Lipinski definition) is 0. The predicted octanol–water partition coefficient (Wildman–Crippen LogP) is 3.31. The fourth-order valence-electron chi connectivity index (χ4n) is 0.854. The lowest BCUT2D eigenvalue weighted by atomic mass is 10.1. The molecule has 0 atom stereocenters. The van der Waals surface area contributed by atoms with Gasteiger partial charge in [0.05, 0.1) is 6.61 Å². The molecule has 0 saturated heterocycles. The summed E-state index contributed by atoms with van der Waals surface area (Å²) in [5, 5.41) is 1.77. The molecular formula is C9H13NO2S2. The van der Waals surface area contributed by atoms with Crippen molar-refractivity contribution in [1.82, 2.24) is 4.57 Å². The molecule has 0 spiro atoms. The normalized spacial score (nSPS) is 10.5. The van der Waals surface area contributed by atoms with E-state index in [9.17, 15) is 4.79 Å². The molecule has 0 unspecified atom stereocenters. The van der Waals surface area contributed by atoms with Crippen LogP contribution >= 0.6 is 23.6 Å². The van der Waals surface area contributed by atoms with Crippen LogP contribution in [0.2, 0.25) is 0 Å². The summed E-state index contributed by atoms with van der Waals surface area (Å²) in [6.07, 6.45) is 2.13. The Hall–Kier alpha value is -0.680. The van der Waals surface area contributed by atoms with Crippen molar-refractivity contribution in [3.05, 3.63) is 15.5 Å². The van der Waals surface area contributed by atoms with Crippen molar-refractivity contribution in [2.24, 2.45) is 5.92 Å². The van der Waals surface area contributed by atoms with E-state index >= 15 is 0 Å². The van der Waals surface area contributed by atoms with Crippen LogP contribution in [0.25, 0.3) is 0 Å². The maximum absolute atomic E-state index is 11.4. The molecule has 1 aromatic rings. The molecule has 5 heteroatoms. The third-order valence-corrected chi connectivity index (χ3v) is 2.83. The van der Waals surface area contributed by atoms with Crippen LogP contribution in [0.15, 0.2) is 11.6 Å². The second kappa shape index (κ2) is 5.26. The Kier molecular flexibility index (Phi) is 4.28. The van der Waals surface area contributed by atoms with Gasteiger partial charge in [-0.15, -0.1) is 11.3 Å². The molecule has 14 heavy (non-hydrogen) atoms. The van der Waals surface area contributed by atoms with Crippen molar-refractivity contribution in [1.29, 1.82) is 0 Å². The predicted molar refractivity (Wildman–Crippen MR) is 59.3 cm³/mol. The first-order valence-corrected chi connectivity index (χ1v) is 5.73. The molecular weight excluding hydrogens is 218 g/mol. The molecule has 0 bridgehead atoms. The van der Waals surface area contributed by atoms with Gasteiger partial charge in [-0.3, -0.25) is 0 Å². The molecule has 0 radical (unpaired) electrons. The summed E-state index contributed by atoms with van der Waals surface area (Å²) in [6.45, 7) is 4.63. The van der Waals surface area contributed by atoms with Gasteiger partial charge < -0.3 is 4.74 Å². The number of carbonyl (C=O) groups is 1. The van der Waals surface area contributed by atoms with Gasteiger partial charge in [0, 0.05) is 11.6 Å². The van der Waals surface area contributed by atoms with Gasteiger partial charge in [0.2, 0.25) is 0 Å². The monoisotopic (exact) mass is 231 g/mol. The Balaban J connectivity index is 2.44. The van der Waals surface area contributed by atoms with E-state index in [1.165, 1.54) is 15.9 Å². The van der Waals surface area contributed by atoms with Gasteiger partial charge in [-0.1, -0.05) is 13.8 Å². The first-order valence-electron chi connectivity index (χ1n) is 4.44. The summed E-state index contributed by atoms with van der Waals surface area (Å²) in [6, 6.07) is 0. The van der Waals surface area contributed by atoms with E-state index in [0.717, 1.165) is 6.42 Å². The van der Waals surface area contributed by atoms with Gasteiger partial charge in [0.15, 0.2) is 3.95 Å². The lowest BCUT2D eigenvalue weighted by Crippen LogP contribution is -2.14. The third kappa shape index (κ3) is 3.23. The highest BCUT2D eigenvalue weighted by molar-refractivity contribution is 7.73. The van der Waals surface area contributed by atoms with E-state index in [0.29, 0.717) is 16.5 Å². The second-order valence-electron chi connectivity index (χ2n) is 3.34. The van der Waals surface area contributed by atoms with E-state index in [2.05, 4.69) is 13.8 Å². The van der Waals surface area contributed by atoms with Crippen molar-refractivity contribution in [3.8, 4) is 0 Å². The number of nitrogens with zero attached hydrogens (tertiary/aromatic N) is 1. The summed E-state index contributed by atoms with van der Waals surface area (Å²) in [4.78, 5) is 11.4. The standard InChI is InChI=1S/C9H13NO2S2/c1-7(2)3-5-12-8(11)10-4-6-14-9(10)13/h4,6-7H,3,5H2,1-2H3. The van der Waals surface area contributed by atoms with Crippen molar-refractivity contribution in [2.75, 3.05) is 6.61 Å². The van der Waals surface area contributed by atoms with Crippen LogP contribution in [0.4, 0.5) is 4.79 Å². The van der Waals surface area contributed by atoms with E-state index in [-0.39, 0.29) is 6.09 Å². The van der Waals surface area contributed by atoms with Gasteiger partial charge in [-0.25, -0.2) is 9.36 Å². The topological polar surface area (TPSA) is 31.2 Å². The largest absolute Gasteiger partial charge is 0.449 e. The minimum absolute atomic E-state index is 0.378. The quantitative estimate of drug-likeness (QED) is 0.748. The SMILES string of the molecule is CC(C)CCOC(=O)n1ccsc1=S. The summed E-state index contributed by atoms with van der Waals surface area (Å²) in [7, 11) is 0. The number of thiazole rings is 1. The second-order valence-corrected chi connectivity index (χ2v) is 4.88. The molecule has 0 aromatic carbocycles. The summed E-state index contributed by atoms with van der Waals surface area (Å²) < 4.78 is 6.92. The molecule has 0 N–H and O–H groups in total. The van der Waals surface area contributed by atoms with E-state index < -0.39 is 0 Å². The molecule has 0 aliphatic carbocycles. The summed E-state index contributed by atoms with van der Waals surface area (Å²) in [5.74, 6) is 0.540. The maximum atomic E-state index is 11.4. The van der Waals surface area contributed by atoms with Crippen LogP contribution in [0.5, 0.6) is 0 Å². The summed E-state index contributed by atoms with van der Waals surface area (Å²) >= 11 is 6.29. The van der Waals surface area contributed by atoms with E-state index in [1.54, 1.807) is 11.6 Å². The zero-order valence-corrected chi connectivity index (χ0v) is 9.86. The average molecular weight is 231 g/mol. The average Bonchev–Trinajstić information content (AvgIpc) is 2.50. The molecule has 0 saturated carbocycles. The number of rotatable bonds is 3. The van der Waals surface area contributed by atoms with Crippen LogP contribution in [0, 0.1) is 9.87 Å². The van der Waals surface area contributed by atoms with Crippen LogP contribution in [0.1, 0.15) is 20.3 Å². The number of ether oxygens (including phenoxy) is 1. The van der Waals surface area contributed by atoms with Gasteiger partial charge in [0.1, 0.15) is 0 Å². The molecule has 1 aromatic heterocycles. The van der Waals surface area contributed by atoms with Gasteiger partial charge in [0.25, 0.3) is 0 Å². The zero-order valence-electron chi connectivity index (χ0n) is 8.23. The highest BCUT2D eigenvalue weighted by Crippen LogP contribution is 2.05. The van der Waals surface area contributed by atoms with E-state index in [4.69, 9.17) is 17.0 Å². The smallest absolute Gasteiger partial charge is 0.419 e. The van der Waals surface area contributed by atoms with Crippen molar-refractivity contribution < 1.29 is 9.53 Å². The Morgan fingerprint density at radius 2 is 2.43 bits per heavy atom. The molecule has 1 rings (SSSR count). The highest BCUT2D eigenvalue weighted by Gasteiger charge is 2.06. The first kappa shape index (κ1) is 11.4. The van der Waals surface area contributed by atoms with Gasteiger partial charge in [-0.05, 0) is 24.6 Å². The summed E-state index contributed by atoms with van der Waals surface area (Å²) in [5.41, 5.74) is 0. The van der Waals surface area contributed by atoms with Gasteiger partial charge >= 0.3 is 6.09 Å². The molecule has 3 nitrogen and oxygen atoms in total. The lowest BCUT2D eigenvalue weighted by Gasteiger charge is -2.06. The Morgan fingerprint density at radius 1 is 1.71 bits per heavy atom. The highest BCUT2D eigenvalue weighted by atomic mass is 32.1. The van der Waals surface area contributed by atoms with Crippen molar-refractivity contribution in [3.63, 3.8) is 0 Å². The molecule has 0 aliphatic rings. The third-order valence-electron chi connectivity index (χ3n) is 1.69. The van der Waals surface area contributed by atoms with E-state index in [1.807, 2.05) is 0 Å². The zero-order chi connectivity index (χ0) is 10.6. The minimum Gasteiger partial charge on any atom is -0.449 e. The van der Waals surface area contributed by atoms with Crippen LogP contribution < -0.4 is 0 Å². The minimum atomic E-state index is -0.378. The van der Waals surface area contributed by atoms with Crippen LogP contribution in [-0.4, -0.2) is 17.3 Å². The van der Waals surface area contributed by atoms with Crippen molar-refractivity contribution in [2.45, 2.75) is 20.3 Å². The van der Waals surface area contributed by atoms with Crippen LogP contribution in [-0.2, 0) is 4.74 Å². The Labute approximate surface area is 92.3 Å². The van der Waals surface area contributed by atoms with Crippen molar-refractivity contribution >= 4 is 29.6 Å².